The Bertz CT molecular complexity index is 294. The zero-order valence-corrected chi connectivity index (χ0v) is 10.7. The average Bonchev–Trinajstić information content (AvgIpc) is 2.57. The highest BCUT2D eigenvalue weighted by Crippen LogP contribution is 2.59. The fourth-order valence-electron chi connectivity index (χ4n) is 4.42. The van der Waals surface area contributed by atoms with Crippen LogP contribution in [0.15, 0.2) is 12.2 Å². The summed E-state index contributed by atoms with van der Waals surface area (Å²) in [4.78, 5) is 10.7. The van der Waals surface area contributed by atoms with E-state index in [4.69, 9.17) is 0 Å². The molecule has 0 aliphatic heterocycles. The van der Waals surface area contributed by atoms with Crippen LogP contribution in [0.4, 0.5) is 0 Å². The topological polar surface area (TPSA) is 17.1 Å². The predicted molar refractivity (Wildman–Crippen MR) is 67.2 cm³/mol. The van der Waals surface area contributed by atoms with Crippen LogP contribution in [0.25, 0.3) is 0 Å². The predicted octanol–water partition coefficient (Wildman–Crippen LogP) is 3.98. The highest BCUT2D eigenvalue weighted by atomic mass is 16.1. The van der Waals surface area contributed by atoms with Gasteiger partial charge < -0.3 is 4.79 Å². The zero-order chi connectivity index (χ0) is 11.8. The van der Waals surface area contributed by atoms with Crippen LogP contribution in [0.3, 0.4) is 0 Å². The molecule has 2 aliphatic carbocycles. The molecule has 2 saturated carbocycles. The molecule has 1 nitrogen and oxygen atoms in total. The Balaban J connectivity index is 2.17. The first-order valence-electron chi connectivity index (χ1n) is 6.71. The van der Waals surface area contributed by atoms with Gasteiger partial charge in [0, 0.05) is 6.42 Å². The molecular formula is C15H24O. The lowest BCUT2D eigenvalue weighted by molar-refractivity contribution is -0.109. The van der Waals surface area contributed by atoms with Gasteiger partial charge >= 0.3 is 0 Å². The van der Waals surface area contributed by atoms with Gasteiger partial charge in [0.1, 0.15) is 6.29 Å². The monoisotopic (exact) mass is 220 g/mol. The Kier molecular flexibility index (Phi) is 3.23. The Morgan fingerprint density at radius 3 is 3.00 bits per heavy atom. The summed E-state index contributed by atoms with van der Waals surface area (Å²) in [7, 11) is 0. The van der Waals surface area contributed by atoms with Gasteiger partial charge in [0.05, 0.1) is 0 Å². The molecule has 0 unspecified atom stereocenters. The Morgan fingerprint density at radius 2 is 2.31 bits per heavy atom. The maximum absolute atomic E-state index is 10.7. The minimum absolute atomic E-state index is 0.442. The Hall–Kier alpha value is -0.590. The minimum Gasteiger partial charge on any atom is -0.303 e. The van der Waals surface area contributed by atoms with Crippen molar-refractivity contribution in [2.45, 2.75) is 52.4 Å². The molecule has 0 aromatic rings. The summed E-state index contributed by atoms with van der Waals surface area (Å²) in [6, 6.07) is 0. The van der Waals surface area contributed by atoms with Crippen LogP contribution in [0.1, 0.15) is 52.4 Å². The molecule has 2 rings (SSSR count). The molecular weight excluding hydrogens is 196 g/mol. The van der Waals surface area contributed by atoms with Crippen LogP contribution in [-0.2, 0) is 4.79 Å². The molecule has 2 fully saturated rings. The quantitative estimate of drug-likeness (QED) is 0.519. The lowest BCUT2D eigenvalue weighted by Crippen LogP contribution is -2.35. The Morgan fingerprint density at radius 1 is 1.56 bits per heavy atom. The average molecular weight is 220 g/mol. The highest BCUT2D eigenvalue weighted by molar-refractivity contribution is 5.49. The van der Waals surface area contributed by atoms with E-state index in [-0.39, 0.29) is 0 Å². The number of hydrogen-bond donors (Lipinski definition) is 0. The summed E-state index contributed by atoms with van der Waals surface area (Å²) in [5.74, 6) is 2.03. The number of aldehydes is 1. The largest absolute Gasteiger partial charge is 0.303 e. The molecule has 0 aromatic carbocycles. The van der Waals surface area contributed by atoms with E-state index in [1.807, 2.05) is 0 Å². The third-order valence-corrected chi connectivity index (χ3v) is 5.27. The minimum atomic E-state index is 0.442. The van der Waals surface area contributed by atoms with Crippen LogP contribution in [0.2, 0.25) is 0 Å². The van der Waals surface area contributed by atoms with Gasteiger partial charge in [-0.3, -0.25) is 0 Å². The number of carbonyl (C=O) groups is 1. The molecule has 0 heterocycles. The number of allylic oxidation sites excluding steroid dienone is 1. The van der Waals surface area contributed by atoms with Crippen LogP contribution in [0, 0.1) is 23.2 Å². The molecule has 16 heavy (non-hydrogen) atoms. The van der Waals surface area contributed by atoms with Gasteiger partial charge in [0.15, 0.2) is 0 Å². The molecule has 0 spiro atoms. The summed E-state index contributed by atoms with van der Waals surface area (Å²) in [6.45, 7) is 8.97. The van der Waals surface area contributed by atoms with Gasteiger partial charge in [0.25, 0.3) is 0 Å². The normalized spacial score (nSPS) is 40.5. The maximum atomic E-state index is 10.7. The van der Waals surface area contributed by atoms with Crippen molar-refractivity contribution in [3.63, 3.8) is 0 Å². The summed E-state index contributed by atoms with van der Waals surface area (Å²) < 4.78 is 0. The van der Waals surface area contributed by atoms with Crippen LogP contribution in [0.5, 0.6) is 0 Å². The van der Waals surface area contributed by atoms with Crippen molar-refractivity contribution in [3.8, 4) is 0 Å². The molecule has 0 radical (unpaired) electrons. The van der Waals surface area contributed by atoms with E-state index in [1.54, 1.807) is 0 Å². The van der Waals surface area contributed by atoms with Crippen molar-refractivity contribution in [2.24, 2.45) is 23.2 Å². The van der Waals surface area contributed by atoms with Gasteiger partial charge in [-0.25, -0.2) is 0 Å². The molecule has 0 amide bonds. The molecule has 0 bridgehead atoms. The fraction of sp³-hybridized carbons (Fsp3) is 0.800. The summed E-state index contributed by atoms with van der Waals surface area (Å²) >= 11 is 0. The summed E-state index contributed by atoms with van der Waals surface area (Å²) in [6.07, 6.45) is 8.31. The second-order valence-corrected chi connectivity index (χ2v) is 6.13. The second kappa shape index (κ2) is 4.35. The number of hydrogen-bond acceptors (Lipinski definition) is 1. The SMILES string of the molecule is C=C1CCC[C@]2(C)[C@@H]([C@H](C)CC=O)CC[C@@H]12. The number of rotatable bonds is 3. The van der Waals surface area contributed by atoms with Crippen LogP contribution < -0.4 is 0 Å². The molecule has 0 saturated heterocycles. The molecule has 0 N–H and O–H groups in total. The van der Waals surface area contributed by atoms with Crippen LogP contribution >= 0.6 is 0 Å². The van der Waals surface area contributed by atoms with Crippen molar-refractivity contribution < 1.29 is 4.79 Å². The van der Waals surface area contributed by atoms with E-state index < -0.39 is 0 Å². The van der Waals surface area contributed by atoms with Crippen molar-refractivity contribution in [2.75, 3.05) is 0 Å². The maximum Gasteiger partial charge on any atom is 0.120 e. The van der Waals surface area contributed by atoms with E-state index in [0.717, 1.165) is 24.5 Å². The smallest absolute Gasteiger partial charge is 0.120 e. The highest BCUT2D eigenvalue weighted by Gasteiger charge is 2.50. The van der Waals surface area contributed by atoms with Gasteiger partial charge in [0.2, 0.25) is 0 Å². The van der Waals surface area contributed by atoms with Gasteiger partial charge in [-0.2, -0.15) is 0 Å². The molecule has 1 heteroatoms. The molecule has 2 aliphatic rings. The van der Waals surface area contributed by atoms with Crippen molar-refractivity contribution >= 4 is 6.29 Å². The zero-order valence-electron chi connectivity index (χ0n) is 10.7. The molecule has 4 atom stereocenters. The summed E-state index contributed by atoms with van der Waals surface area (Å²) in [5, 5.41) is 0. The molecule has 90 valence electrons. The first-order valence-corrected chi connectivity index (χ1v) is 6.71. The van der Waals surface area contributed by atoms with E-state index in [0.29, 0.717) is 11.3 Å². The van der Waals surface area contributed by atoms with Crippen molar-refractivity contribution in [1.29, 1.82) is 0 Å². The standard InChI is InChI=1S/C15H24O/c1-11-5-4-9-15(3)13(11)6-7-14(15)12(2)8-10-16/h10,12-14H,1,4-9H2,2-3H3/t12-,13+,14-,15+/m1/s1. The lowest BCUT2D eigenvalue weighted by atomic mass is 9.61. The first-order chi connectivity index (χ1) is 7.59. The van der Waals surface area contributed by atoms with Gasteiger partial charge in [-0.15, -0.1) is 0 Å². The van der Waals surface area contributed by atoms with E-state index in [2.05, 4.69) is 20.4 Å². The van der Waals surface area contributed by atoms with Crippen molar-refractivity contribution in [1.82, 2.24) is 0 Å². The van der Waals surface area contributed by atoms with E-state index in [9.17, 15) is 4.79 Å². The first kappa shape index (κ1) is 11.9. The number of fused-ring (bicyclic) bond motifs is 1. The van der Waals surface area contributed by atoms with E-state index in [1.165, 1.54) is 37.7 Å². The third-order valence-electron chi connectivity index (χ3n) is 5.27. The van der Waals surface area contributed by atoms with Gasteiger partial charge in [-0.05, 0) is 55.3 Å². The molecule has 0 aromatic heterocycles. The Labute approximate surface area is 99.3 Å². The number of carbonyl (C=O) groups excluding carboxylic acids is 1. The second-order valence-electron chi connectivity index (χ2n) is 6.13. The summed E-state index contributed by atoms with van der Waals surface area (Å²) in [5.41, 5.74) is 1.92. The van der Waals surface area contributed by atoms with E-state index >= 15 is 0 Å². The fourth-order valence-corrected chi connectivity index (χ4v) is 4.42. The van der Waals surface area contributed by atoms with Crippen molar-refractivity contribution in [3.05, 3.63) is 12.2 Å². The van der Waals surface area contributed by atoms with Crippen LogP contribution in [-0.4, -0.2) is 6.29 Å². The third kappa shape index (κ3) is 1.74. The lowest BCUT2D eigenvalue weighted by Gasteiger charge is -2.43. The van der Waals surface area contributed by atoms with Gasteiger partial charge in [-0.1, -0.05) is 26.0 Å².